The van der Waals surface area contributed by atoms with E-state index in [2.05, 4.69) is 241 Å². The van der Waals surface area contributed by atoms with E-state index in [1.54, 1.807) is 0 Å². The highest BCUT2D eigenvalue weighted by Crippen LogP contribution is 2.60. The monoisotopic (exact) mass is 793 g/mol. The van der Waals surface area contributed by atoms with Crippen LogP contribution in [0.25, 0.3) is 64.3 Å². The minimum Gasteiger partial charge on any atom is -0.308 e. The Kier molecular flexibility index (Phi) is 8.33. The van der Waals surface area contributed by atoms with Gasteiger partial charge in [-0.2, -0.15) is 0 Å². The van der Waals surface area contributed by atoms with Crippen LogP contribution in [0, 0.1) is 0 Å². The molecule has 0 saturated carbocycles. The summed E-state index contributed by atoms with van der Waals surface area (Å²) in [5, 5.41) is 5.09. The van der Waals surface area contributed by atoms with Gasteiger partial charge in [0.15, 0.2) is 0 Å². The van der Waals surface area contributed by atoms with Crippen molar-refractivity contribution in [2.24, 2.45) is 0 Å². The Hall–Kier alpha value is -7.52. The van der Waals surface area contributed by atoms with Crippen LogP contribution in [0.3, 0.4) is 0 Å². The van der Waals surface area contributed by atoms with E-state index in [-0.39, 0.29) is 0 Å². The average Bonchev–Trinajstić information content (AvgIpc) is 3.87. The normalized spacial score (nSPS) is 12.7. The molecule has 1 aliphatic rings. The first-order valence-corrected chi connectivity index (χ1v) is 21.8. The Morgan fingerprint density at radius 3 is 1.75 bits per heavy atom. The molecule has 0 aliphatic heterocycles. The molecule has 0 radical (unpaired) electrons. The molecule has 0 N–H and O–H groups in total. The molecule has 0 atom stereocenters. The maximum absolute atomic E-state index is 2.52. The maximum atomic E-state index is 2.52. The van der Waals surface area contributed by atoms with Crippen LogP contribution < -0.4 is 4.90 Å². The molecule has 0 unspecified atom stereocenters. The molecule has 0 fully saturated rings. The third-order valence-electron chi connectivity index (χ3n) is 12.7. The molecule has 0 spiro atoms. The summed E-state index contributed by atoms with van der Waals surface area (Å²) < 4.78 is 2.57. The van der Waals surface area contributed by atoms with Crippen LogP contribution in [0.5, 0.6) is 0 Å². The van der Waals surface area contributed by atoms with Crippen molar-refractivity contribution < 1.29 is 0 Å². The highest BCUT2D eigenvalue weighted by atomic mass is 32.1. The van der Waals surface area contributed by atoms with E-state index in [0.29, 0.717) is 0 Å². The zero-order valence-electron chi connectivity index (χ0n) is 33.4. The van der Waals surface area contributed by atoms with Crippen molar-refractivity contribution in [3.05, 3.63) is 259 Å². The fourth-order valence-corrected chi connectivity index (χ4v) is 11.3. The predicted octanol–water partition coefficient (Wildman–Crippen LogP) is 16.4. The van der Waals surface area contributed by atoms with Gasteiger partial charge in [-0.3, -0.25) is 0 Å². The predicted molar refractivity (Wildman–Crippen MR) is 260 cm³/mol. The van der Waals surface area contributed by atoms with Crippen molar-refractivity contribution in [3.8, 4) is 33.4 Å². The second kappa shape index (κ2) is 14.3. The lowest BCUT2D eigenvalue weighted by molar-refractivity contribution is 0.768. The molecule has 0 bridgehead atoms. The van der Waals surface area contributed by atoms with Crippen LogP contribution in [0.1, 0.15) is 22.3 Å². The van der Waals surface area contributed by atoms with Crippen molar-refractivity contribution in [2.75, 3.05) is 4.90 Å². The number of anilines is 3. The first-order chi connectivity index (χ1) is 30.3. The number of hydrogen-bond acceptors (Lipinski definition) is 2. The number of hydrogen-bond donors (Lipinski definition) is 0. The summed E-state index contributed by atoms with van der Waals surface area (Å²) in [5.41, 5.74) is 15.4. The molecule has 61 heavy (non-hydrogen) atoms. The number of benzene rings is 10. The summed E-state index contributed by atoms with van der Waals surface area (Å²) in [6.07, 6.45) is 0. The van der Waals surface area contributed by atoms with Crippen LogP contribution in [-0.4, -0.2) is 0 Å². The summed E-state index contributed by atoms with van der Waals surface area (Å²) in [7, 11) is 0. The first kappa shape index (κ1) is 35.4. The zero-order chi connectivity index (χ0) is 40.3. The van der Waals surface area contributed by atoms with Gasteiger partial charge in [0.05, 0.1) is 21.5 Å². The Bertz CT molecular complexity index is 3370. The van der Waals surface area contributed by atoms with Gasteiger partial charge in [0.2, 0.25) is 0 Å². The molecule has 1 aliphatic carbocycles. The summed E-state index contributed by atoms with van der Waals surface area (Å²) in [6, 6.07) is 87.3. The van der Waals surface area contributed by atoms with E-state index in [9.17, 15) is 0 Å². The molecule has 1 aromatic heterocycles. The van der Waals surface area contributed by atoms with Crippen molar-refractivity contribution in [3.63, 3.8) is 0 Å². The van der Waals surface area contributed by atoms with Crippen LogP contribution >= 0.6 is 11.3 Å². The van der Waals surface area contributed by atoms with Gasteiger partial charge in [-0.25, -0.2) is 0 Å². The average molecular weight is 794 g/mol. The molecule has 1 heterocycles. The minimum absolute atomic E-state index is 0.501. The van der Waals surface area contributed by atoms with Crippen LogP contribution in [0.2, 0.25) is 0 Å². The lowest BCUT2D eigenvalue weighted by atomic mass is 9.68. The molecule has 11 aromatic rings. The number of fused-ring (bicyclic) bond motifs is 7. The van der Waals surface area contributed by atoms with Gasteiger partial charge in [-0.15, -0.1) is 11.3 Å². The van der Waals surface area contributed by atoms with Gasteiger partial charge in [0, 0.05) is 26.7 Å². The first-order valence-electron chi connectivity index (χ1n) is 21.0. The standard InChI is InChI=1S/C59H39NS/c1-3-21-44(22-4-1)59(45-23-5-2-6-24-45)52-30-11-9-27-51(52)57-53(59)31-16-32-54(57)60(55-33-15-29-50-49-26-10-12-34-56(49)61-58(50)55)46-37-35-40(36-38-46)42-19-13-20-43(39-42)48-28-14-18-41-17-7-8-25-47(41)48/h1-39H. The lowest BCUT2D eigenvalue weighted by Crippen LogP contribution is -2.28. The summed E-state index contributed by atoms with van der Waals surface area (Å²) in [6.45, 7) is 0. The van der Waals surface area contributed by atoms with E-state index in [1.807, 2.05) is 11.3 Å². The minimum atomic E-state index is -0.501. The van der Waals surface area contributed by atoms with E-state index in [0.717, 1.165) is 11.4 Å². The third-order valence-corrected chi connectivity index (χ3v) is 14.0. The molecular weight excluding hydrogens is 755 g/mol. The second-order valence-electron chi connectivity index (χ2n) is 16.0. The maximum Gasteiger partial charge on any atom is 0.0714 e. The quantitative estimate of drug-likeness (QED) is 0.155. The van der Waals surface area contributed by atoms with Crippen molar-refractivity contribution in [2.45, 2.75) is 5.41 Å². The largest absolute Gasteiger partial charge is 0.308 e. The Morgan fingerprint density at radius 1 is 0.361 bits per heavy atom. The van der Waals surface area contributed by atoms with E-state index in [1.165, 1.54) is 92.3 Å². The number of nitrogens with zero attached hydrogens (tertiary/aromatic N) is 1. The van der Waals surface area contributed by atoms with Crippen molar-refractivity contribution >= 4 is 59.3 Å². The van der Waals surface area contributed by atoms with Gasteiger partial charge in [0.25, 0.3) is 0 Å². The topological polar surface area (TPSA) is 3.24 Å². The SMILES string of the molecule is c1ccc(C2(c3ccccc3)c3ccccc3-c3c(N(c4ccc(-c5cccc(-c6cccc7ccccc67)c5)cc4)c4cccc5c4sc4ccccc45)cccc32)cc1. The summed E-state index contributed by atoms with van der Waals surface area (Å²) in [5.74, 6) is 0. The molecule has 286 valence electrons. The molecule has 2 heteroatoms. The smallest absolute Gasteiger partial charge is 0.0714 e. The lowest BCUT2D eigenvalue weighted by Gasteiger charge is -2.34. The Morgan fingerprint density at radius 2 is 0.934 bits per heavy atom. The highest BCUT2D eigenvalue weighted by molar-refractivity contribution is 7.26. The molecule has 0 amide bonds. The fraction of sp³-hybridized carbons (Fsp3) is 0.0169. The molecule has 1 nitrogen and oxygen atoms in total. The second-order valence-corrected chi connectivity index (χ2v) is 17.0. The third kappa shape index (κ3) is 5.53. The van der Waals surface area contributed by atoms with Gasteiger partial charge in [-0.05, 0) is 97.2 Å². The number of rotatable bonds is 7. The van der Waals surface area contributed by atoms with E-state index in [4.69, 9.17) is 0 Å². The number of thiophene rings is 1. The Balaban J connectivity index is 1.08. The van der Waals surface area contributed by atoms with Gasteiger partial charge < -0.3 is 4.90 Å². The highest BCUT2D eigenvalue weighted by Gasteiger charge is 2.47. The fourth-order valence-electron chi connectivity index (χ4n) is 10.1. The molecule has 12 rings (SSSR count). The van der Waals surface area contributed by atoms with Crippen LogP contribution in [0.4, 0.5) is 17.1 Å². The van der Waals surface area contributed by atoms with Crippen LogP contribution in [-0.2, 0) is 5.41 Å². The van der Waals surface area contributed by atoms with E-state index >= 15 is 0 Å². The molecule has 0 saturated heterocycles. The van der Waals surface area contributed by atoms with Gasteiger partial charge in [0.1, 0.15) is 0 Å². The Labute approximate surface area is 360 Å². The van der Waals surface area contributed by atoms with Gasteiger partial charge in [-0.1, -0.05) is 200 Å². The summed E-state index contributed by atoms with van der Waals surface area (Å²) in [4.78, 5) is 2.52. The van der Waals surface area contributed by atoms with Gasteiger partial charge >= 0.3 is 0 Å². The molecular formula is C59H39NS. The molecule has 10 aromatic carbocycles. The summed E-state index contributed by atoms with van der Waals surface area (Å²) >= 11 is 1.88. The van der Waals surface area contributed by atoms with Crippen molar-refractivity contribution in [1.29, 1.82) is 0 Å². The van der Waals surface area contributed by atoms with Crippen molar-refractivity contribution in [1.82, 2.24) is 0 Å². The van der Waals surface area contributed by atoms with Crippen LogP contribution in [0.15, 0.2) is 237 Å². The van der Waals surface area contributed by atoms with E-state index < -0.39 is 5.41 Å². The zero-order valence-corrected chi connectivity index (χ0v) is 34.2.